The quantitative estimate of drug-likeness (QED) is 0.451. The van der Waals surface area contributed by atoms with Crippen LogP contribution in [0.2, 0.25) is 5.02 Å². The molecule has 174 valence electrons. The summed E-state index contributed by atoms with van der Waals surface area (Å²) in [6.45, 7) is 0.781. The molecule has 8 nitrogen and oxygen atoms in total. The maximum absolute atomic E-state index is 13.1. The molecular formula is C22H28ClN3O5S. The molecule has 10 heteroatoms. The number of carbonyl (C=O) groups is 2. The summed E-state index contributed by atoms with van der Waals surface area (Å²) in [5.74, 6) is -1.34. The number of anilines is 1. The zero-order chi connectivity index (χ0) is 23.7. The van der Waals surface area contributed by atoms with Crippen LogP contribution in [0, 0.1) is 0 Å². The van der Waals surface area contributed by atoms with E-state index in [9.17, 15) is 23.1 Å². The molecule has 0 aliphatic carbocycles. The van der Waals surface area contributed by atoms with Gasteiger partial charge in [0.25, 0.3) is 10.0 Å². The zero-order valence-corrected chi connectivity index (χ0v) is 19.7. The molecule has 2 N–H and O–H groups in total. The number of benzene rings is 2. The number of halogens is 1. The van der Waals surface area contributed by atoms with Gasteiger partial charge in [0, 0.05) is 18.0 Å². The Hall–Kier alpha value is -2.62. The topological polar surface area (TPSA) is 107 Å². The van der Waals surface area contributed by atoms with Crippen molar-refractivity contribution >= 4 is 39.2 Å². The standard InChI is InChI=1S/C22H28ClN3O5S/c1-25(2)15-3-14-24-21(27)13-6-17-4-11-20(12-5-17)32(30,31)26(16-22(28)29)19-9-7-18(23)8-10-19/h4-5,7-12H,3,6,13-16H2,1-2H3,(H,24,27)(H,28,29). The van der Waals surface area contributed by atoms with Crippen molar-refractivity contribution in [2.45, 2.75) is 24.2 Å². The van der Waals surface area contributed by atoms with Gasteiger partial charge < -0.3 is 15.3 Å². The number of rotatable bonds is 12. The predicted octanol–water partition coefficient (Wildman–Crippen LogP) is 2.62. The predicted molar refractivity (Wildman–Crippen MR) is 125 cm³/mol. The summed E-state index contributed by atoms with van der Waals surface area (Å²) >= 11 is 5.86. The fourth-order valence-corrected chi connectivity index (χ4v) is 4.51. The molecule has 2 aromatic carbocycles. The van der Waals surface area contributed by atoms with Crippen molar-refractivity contribution in [3.05, 3.63) is 59.1 Å². The average molecular weight is 482 g/mol. The molecule has 0 radical (unpaired) electrons. The average Bonchev–Trinajstić information content (AvgIpc) is 2.74. The van der Waals surface area contributed by atoms with Crippen LogP contribution in [-0.2, 0) is 26.0 Å². The summed E-state index contributed by atoms with van der Waals surface area (Å²) < 4.78 is 27.0. The van der Waals surface area contributed by atoms with Crippen LogP contribution in [0.3, 0.4) is 0 Å². The van der Waals surface area contributed by atoms with Gasteiger partial charge in [-0.1, -0.05) is 23.7 Å². The normalized spacial score (nSPS) is 11.4. The van der Waals surface area contributed by atoms with E-state index in [4.69, 9.17) is 11.6 Å². The van der Waals surface area contributed by atoms with Gasteiger partial charge in [-0.05, 0) is 75.4 Å². The van der Waals surface area contributed by atoms with E-state index in [1.165, 1.54) is 36.4 Å². The molecule has 2 aromatic rings. The second-order valence-corrected chi connectivity index (χ2v) is 9.83. The molecule has 0 aliphatic rings. The van der Waals surface area contributed by atoms with E-state index >= 15 is 0 Å². The highest BCUT2D eigenvalue weighted by atomic mass is 35.5. The monoisotopic (exact) mass is 481 g/mol. The van der Waals surface area contributed by atoms with Crippen molar-refractivity contribution in [1.29, 1.82) is 0 Å². The van der Waals surface area contributed by atoms with Crippen molar-refractivity contribution in [2.24, 2.45) is 0 Å². The number of amides is 1. The van der Waals surface area contributed by atoms with E-state index in [2.05, 4.69) is 5.32 Å². The van der Waals surface area contributed by atoms with Crippen LogP contribution in [0.1, 0.15) is 18.4 Å². The SMILES string of the molecule is CN(C)CCCNC(=O)CCc1ccc(S(=O)(=O)N(CC(=O)O)c2ccc(Cl)cc2)cc1. The minimum Gasteiger partial charge on any atom is -0.480 e. The van der Waals surface area contributed by atoms with Crippen LogP contribution in [0.25, 0.3) is 0 Å². The Labute approximate surface area is 193 Å². The lowest BCUT2D eigenvalue weighted by atomic mass is 10.1. The van der Waals surface area contributed by atoms with Crippen molar-refractivity contribution in [2.75, 3.05) is 38.0 Å². The highest BCUT2D eigenvalue weighted by molar-refractivity contribution is 7.92. The number of nitrogens with one attached hydrogen (secondary N) is 1. The molecule has 0 saturated carbocycles. The number of carboxylic acids is 1. The van der Waals surface area contributed by atoms with Crippen LogP contribution in [0.4, 0.5) is 5.69 Å². The first-order chi connectivity index (χ1) is 15.1. The molecule has 0 aromatic heterocycles. The summed E-state index contributed by atoms with van der Waals surface area (Å²) in [7, 11) is -0.157. The molecule has 0 bridgehead atoms. The van der Waals surface area contributed by atoms with Gasteiger partial charge in [0.2, 0.25) is 5.91 Å². The van der Waals surface area contributed by atoms with Gasteiger partial charge in [-0.3, -0.25) is 13.9 Å². The minimum atomic E-state index is -4.11. The Morgan fingerprint density at radius 3 is 2.22 bits per heavy atom. The summed E-state index contributed by atoms with van der Waals surface area (Å²) in [6, 6.07) is 12.0. The molecule has 0 fully saturated rings. The fraction of sp³-hybridized carbons (Fsp3) is 0.364. The van der Waals surface area contributed by atoms with E-state index < -0.39 is 22.5 Å². The first-order valence-corrected chi connectivity index (χ1v) is 11.9. The maximum Gasteiger partial charge on any atom is 0.324 e. The highest BCUT2D eigenvalue weighted by Gasteiger charge is 2.27. The molecule has 0 aliphatic heterocycles. The molecule has 0 unspecified atom stereocenters. The lowest BCUT2D eigenvalue weighted by Crippen LogP contribution is -2.35. The lowest BCUT2D eigenvalue weighted by molar-refractivity contribution is -0.135. The molecule has 0 atom stereocenters. The number of aliphatic carboxylic acids is 1. The largest absolute Gasteiger partial charge is 0.480 e. The Bertz CT molecular complexity index is 1010. The van der Waals surface area contributed by atoms with E-state index in [1.54, 1.807) is 12.1 Å². The number of carboxylic acid groups (broad SMARTS) is 1. The number of sulfonamides is 1. The van der Waals surface area contributed by atoms with Crippen LogP contribution >= 0.6 is 11.6 Å². The van der Waals surface area contributed by atoms with E-state index in [-0.39, 0.29) is 16.5 Å². The van der Waals surface area contributed by atoms with Crippen LogP contribution < -0.4 is 9.62 Å². The van der Waals surface area contributed by atoms with Crippen LogP contribution in [0.15, 0.2) is 53.4 Å². The third-order valence-corrected chi connectivity index (χ3v) is 6.69. The maximum atomic E-state index is 13.1. The molecular weight excluding hydrogens is 454 g/mol. The third kappa shape index (κ3) is 7.81. The van der Waals surface area contributed by atoms with Gasteiger partial charge in [0.15, 0.2) is 0 Å². The second-order valence-electron chi connectivity index (χ2n) is 7.53. The fourth-order valence-electron chi connectivity index (χ4n) is 2.97. The number of hydrogen-bond donors (Lipinski definition) is 2. The number of aryl methyl sites for hydroxylation is 1. The Balaban J connectivity index is 2.05. The molecule has 0 spiro atoms. The summed E-state index contributed by atoms with van der Waals surface area (Å²) in [6.07, 6.45) is 1.63. The first kappa shape index (κ1) is 25.6. The van der Waals surface area contributed by atoms with Crippen LogP contribution in [0.5, 0.6) is 0 Å². The molecule has 2 rings (SSSR count). The Morgan fingerprint density at radius 1 is 1.03 bits per heavy atom. The minimum absolute atomic E-state index is 0.0365. The van der Waals surface area contributed by atoms with Gasteiger partial charge in [-0.25, -0.2) is 8.42 Å². The van der Waals surface area contributed by atoms with Crippen LogP contribution in [-0.4, -0.2) is 64.0 Å². The third-order valence-electron chi connectivity index (χ3n) is 4.65. The van der Waals surface area contributed by atoms with Gasteiger partial charge >= 0.3 is 5.97 Å². The van der Waals surface area contributed by atoms with Gasteiger partial charge in [0.05, 0.1) is 10.6 Å². The van der Waals surface area contributed by atoms with E-state index in [0.717, 1.165) is 22.8 Å². The van der Waals surface area contributed by atoms with Crippen molar-refractivity contribution in [1.82, 2.24) is 10.2 Å². The first-order valence-electron chi connectivity index (χ1n) is 10.1. The zero-order valence-electron chi connectivity index (χ0n) is 18.1. The van der Waals surface area contributed by atoms with E-state index in [1.807, 2.05) is 19.0 Å². The second kappa shape index (κ2) is 11.8. The molecule has 0 saturated heterocycles. The molecule has 0 heterocycles. The highest BCUT2D eigenvalue weighted by Crippen LogP contribution is 2.25. The summed E-state index contributed by atoms with van der Waals surface area (Å²) in [4.78, 5) is 25.3. The number of nitrogens with zero attached hydrogens (tertiary/aromatic N) is 2. The van der Waals surface area contributed by atoms with Crippen molar-refractivity contribution in [3.63, 3.8) is 0 Å². The summed E-state index contributed by atoms with van der Waals surface area (Å²) in [5, 5.41) is 12.5. The van der Waals surface area contributed by atoms with Gasteiger partial charge in [-0.2, -0.15) is 0 Å². The Kier molecular flexibility index (Phi) is 9.49. The number of carbonyl (C=O) groups excluding carboxylic acids is 1. The lowest BCUT2D eigenvalue weighted by Gasteiger charge is -2.23. The Morgan fingerprint density at radius 2 is 1.66 bits per heavy atom. The molecule has 32 heavy (non-hydrogen) atoms. The van der Waals surface area contributed by atoms with Crippen molar-refractivity contribution < 1.29 is 23.1 Å². The number of hydrogen-bond acceptors (Lipinski definition) is 5. The van der Waals surface area contributed by atoms with Crippen molar-refractivity contribution in [3.8, 4) is 0 Å². The van der Waals surface area contributed by atoms with E-state index in [0.29, 0.717) is 24.4 Å². The molecule has 1 amide bonds. The van der Waals surface area contributed by atoms with Gasteiger partial charge in [-0.15, -0.1) is 0 Å². The van der Waals surface area contributed by atoms with Gasteiger partial charge in [0.1, 0.15) is 6.54 Å². The summed E-state index contributed by atoms with van der Waals surface area (Å²) in [5.41, 5.74) is 1.01. The smallest absolute Gasteiger partial charge is 0.324 e.